The molecule has 38 heavy (non-hydrogen) atoms. The van der Waals surface area contributed by atoms with Crippen LogP contribution in [0, 0.1) is 13.8 Å². The average Bonchev–Trinajstić information content (AvgIpc) is 2.83. The fraction of sp³-hybridized carbons (Fsp3) is 0.480. The summed E-state index contributed by atoms with van der Waals surface area (Å²) in [5, 5.41) is 3.84. The van der Waals surface area contributed by atoms with Crippen molar-refractivity contribution in [3.05, 3.63) is 51.4 Å². The second kappa shape index (κ2) is 9.59. The van der Waals surface area contributed by atoms with E-state index in [1.807, 2.05) is 63.4 Å². The number of hydrogen-bond acceptors (Lipinski definition) is 8. The Hall–Kier alpha value is -3.07. The zero-order valence-corrected chi connectivity index (χ0v) is 23.6. The minimum atomic E-state index is -0.468. The van der Waals surface area contributed by atoms with E-state index in [2.05, 4.69) is 16.8 Å². The zero-order chi connectivity index (χ0) is 27.4. The molecule has 1 saturated heterocycles. The Bertz CT molecular complexity index is 1450. The van der Waals surface area contributed by atoms with Crippen LogP contribution in [0.1, 0.15) is 36.6 Å². The van der Waals surface area contributed by atoms with E-state index in [9.17, 15) is 4.79 Å². The lowest BCUT2D eigenvalue weighted by Crippen LogP contribution is -2.65. The van der Waals surface area contributed by atoms with Crippen molar-refractivity contribution >= 4 is 42.9 Å². The number of anilines is 1. The monoisotopic (exact) mass is 514 g/mol. The molecule has 0 aliphatic carbocycles. The van der Waals surface area contributed by atoms with E-state index in [0.29, 0.717) is 17.1 Å². The van der Waals surface area contributed by atoms with Crippen molar-refractivity contribution in [2.75, 3.05) is 18.6 Å². The molecular formula is C25H34B4N4O5. The van der Waals surface area contributed by atoms with E-state index in [1.165, 1.54) is 10.6 Å². The molecule has 0 radical (unpaired) electrons. The first kappa shape index (κ1) is 26.5. The Morgan fingerprint density at radius 1 is 1.08 bits per heavy atom. The normalized spacial score (nSPS) is 21.8. The highest BCUT2D eigenvalue weighted by Gasteiger charge is 2.44. The largest absolute Gasteiger partial charge is 0.499 e. The molecule has 0 amide bonds. The third-order valence-corrected chi connectivity index (χ3v) is 8.17. The van der Waals surface area contributed by atoms with Crippen molar-refractivity contribution in [3.8, 4) is 17.2 Å². The lowest BCUT2D eigenvalue weighted by molar-refractivity contribution is 0.0608. The Kier molecular flexibility index (Phi) is 6.70. The van der Waals surface area contributed by atoms with Crippen molar-refractivity contribution in [3.63, 3.8) is 0 Å². The molecule has 9 nitrogen and oxygen atoms in total. The lowest BCUT2D eigenvalue weighted by Gasteiger charge is -2.47. The second-order valence-electron chi connectivity index (χ2n) is 11.5. The second-order valence-corrected chi connectivity index (χ2v) is 11.5. The van der Waals surface area contributed by atoms with Crippen molar-refractivity contribution in [1.29, 1.82) is 0 Å². The summed E-state index contributed by atoms with van der Waals surface area (Å²) < 4.78 is 25.5. The van der Waals surface area contributed by atoms with Crippen LogP contribution in [0.2, 0.25) is 0 Å². The van der Waals surface area contributed by atoms with E-state index in [0.717, 1.165) is 47.8 Å². The number of methoxy groups -OCH3 is 1. The molecule has 0 bridgehead atoms. The summed E-state index contributed by atoms with van der Waals surface area (Å²) in [5.41, 5.74) is 2.93. The minimum Gasteiger partial charge on any atom is -0.499 e. The number of fused-ring (bicyclic) bond motifs is 2. The molecule has 0 unspecified atom stereocenters. The number of ether oxygens (including phenoxy) is 4. The molecular weight excluding hydrogens is 480 g/mol. The van der Waals surface area contributed by atoms with Gasteiger partial charge in [-0.25, -0.2) is 4.98 Å². The predicted octanol–water partition coefficient (Wildman–Crippen LogP) is -1.10. The smallest absolute Gasteiger partial charge is 0.274 e. The van der Waals surface area contributed by atoms with Crippen molar-refractivity contribution in [2.45, 2.75) is 63.2 Å². The molecule has 1 aromatic carbocycles. The minimum absolute atomic E-state index is 0.0520. The highest BCUT2D eigenvalue weighted by molar-refractivity contribution is 6.53. The average molecular weight is 514 g/mol. The molecule has 0 spiro atoms. The van der Waals surface area contributed by atoms with Crippen LogP contribution in [0.25, 0.3) is 5.65 Å². The predicted molar refractivity (Wildman–Crippen MR) is 157 cm³/mol. The first-order chi connectivity index (χ1) is 17.9. The Balaban J connectivity index is 1.34. The molecule has 13 heteroatoms. The quantitative estimate of drug-likeness (QED) is 0.398. The van der Waals surface area contributed by atoms with Gasteiger partial charge in [0.2, 0.25) is 0 Å². The summed E-state index contributed by atoms with van der Waals surface area (Å²) in [7, 11) is 9.73. The maximum absolute atomic E-state index is 12.8. The molecule has 196 valence electrons. The lowest BCUT2D eigenvalue weighted by atomic mass is 9.41. The number of aryl methyl sites for hydroxylation is 1. The van der Waals surface area contributed by atoms with Gasteiger partial charge in [0.15, 0.2) is 23.0 Å². The standard InChI is InChI=1S/C25H34B4N4O5/c1-13-9-18(36-17-5-6-19-20(11-17)38-25(28,29)24(26,27)37-19)7-8-32(13)23-15(3)14(2)22-30-16(12-35-4)10-21(34)33(22)31-23/h5-6,10-11,13,18H,7-9,12,26-29H2,1-4H3/t13-,18+/m1/s1. The first-order valence-electron chi connectivity index (χ1n) is 13.2. The molecule has 2 aliphatic heterocycles. The van der Waals surface area contributed by atoms with Crippen LogP contribution in [0.5, 0.6) is 17.2 Å². The van der Waals surface area contributed by atoms with Gasteiger partial charge >= 0.3 is 0 Å². The molecule has 3 aromatic rings. The third-order valence-electron chi connectivity index (χ3n) is 8.17. The number of aromatic nitrogens is 3. The molecule has 1 fully saturated rings. The molecule has 2 atom stereocenters. The molecule has 0 N–H and O–H groups in total. The van der Waals surface area contributed by atoms with Gasteiger partial charge in [-0.05, 0) is 32.9 Å². The number of hydrogen-bond donors (Lipinski definition) is 0. The van der Waals surface area contributed by atoms with Gasteiger partial charge in [0, 0.05) is 55.8 Å². The SMILES string of the molecule is BC1(B)Oc2ccc(O[C@H]3CCN(c4nn5c(=O)cc(COC)nc5c(C)c4C)[C@H](C)C3)cc2OC1(B)B. The van der Waals surface area contributed by atoms with Gasteiger partial charge in [-0.2, -0.15) is 4.52 Å². The van der Waals surface area contributed by atoms with Crippen LogP contribution in [0.3, 0.4) is 0 Å². The summed E-state index contributed by atoms with van der Waals surface area (Å²) >= 11 is 0. The number of piperidine rings is 1. The molecule has 5 rings (SSSR count). The molecule has 0 saturated carbocycles. The maximum Gasteiger partial charge on any atom is 0.274 e. The van der Waals surface area contributed by atoms with E-state index in [-0.39, 0.29) is 24.3 Å². The fourth-order valence-corrected chi connectivity index (χ4v) is 5.13. The Morgan fingerprint density at radius 3 is 2.47 bits per heavy atom. The summed E-state index contributed by atoms with van der Waals surface area (Å²) in [5.74, 6) is 3.02. The highest BCUT2D eigenvalue weighted by Crippen LogP contribution is 2.41. The topological polar surface area (TPSA) is 87.4 Å². The van der Waals surface area contributed by atoms with E-state index in [4.69, 9.17) is 24.0 Å². The van der Waals surface area contributed by atoms with Crippen LogP contribution >= 0.6 is 0 Å². The third kappa shape index (κ3) is 4.65. The van der Waals surface area contributed by atoms with E-state index >= 15 is 0 Å². The molecule has 2 aliphatic rings. The van der Waals surface area contributed by atoms with Gasteiger partial charge in [0.1, 0.15) is 43.2 Å². The van der Waals surface area contributed by atoms with Gasteiger partial charge in [-0.15, -0.1) is 5.10 Å². The van der Waals surface area contributed by atoms with Gasteiger partial charge in [0.25, 0.3) is 5.56 Å². The van der Waals surface area contributed by atoms with E-state index < -0.39 is 10.8 Å². The Morgan fingerprint density at radius 2 is 1.79 bits per heavy atom. The van der Waals surface area contributed by atoms with Crippen molar-refractivity contribution in [2.24, 2.45) is 0 Å². The van der Waals surface area contributed by atoms with Crippen molar-refractivity contribution in [1.82, 2.24) is 14.6 Å². The van der Waals surface area contributed by atoms with Crippen LogP contribution in [0.4, 0.5) is 5.82 Å². The maximum atomic E-state index is 12.8. The van der Waals surface area contributed by atoms with Gasteiger partial charge in [-0.3, -0.25) is 4.79 Å². The highest BCUT2D eigenvalue weighted by atomic mass is 16.6. The number of benzene rings is 1. The van der Waals surface area contributed by atoms with Gasteiger partial charge < -0.3 is 23.8 Å². The Labute approximate surface area is 226 Å². The van der Waals surface area contributed by atoms with Gasteiger partial charge in [0.05, 0.1) is 23.1 Å². The summed E-state index contributed by atoms with van der Waals surface area (Å²) in [6.07, 6.45) is 1.71. The van der Waals surface area contributed by atoms with Crippen LogP contribution in [-0.4, -0.2) is 82.6 Å². The van der Waals surface area contributed by atoms with Gasteiger partial charge in [-0.1, -0.05) is 0 Å². The fourth-order valence-electron chi connectivity index (χ4n) is 5.13. The molecule has 2 aromatic heterocycles. The van der Waals surface area contributed by atoms with E-state index in [1.54, 1.807) is 7.11 Å². The summed E-state index contributed by atoms with van der Waals surface area (Å²) in [6, 6.07) is 7.46. The molecule has 4 heterocycles. The summed E-state index contributed by atoms with van der Waals surface area (Å²) in [4.78, 5) is 19.7. The first-order valence-corrected chi connectivity index (χ1v) is 13.2. The summed E-state index contributed by atoms with van der Waals surface area (Å²) in [6.45, 7) is 7.26. The van der Waals surface area contributed by atoms with Crippen molar-refractivity contribution < 1.29 is 18.9 Å². The van der Waals surface area contributed by atoms with Crippen LogP contribution in [-0.2, 0) is 11.3 Å². The zero-order valence-electron chi connectivity index (χ0n) is 23.6. The van der Waals surface area contributed by atoms with Crippen LogP contribution < -0.4 is 24.7 Å². The number of rotatable bonds is 5. The number of nitrogens with zero attached hydrogens (tertiary/aromatic N) is 4. The van der Waals surface area contributed by atoms with Crippen LogP contribution in [0.15, 0.2) is 29.1 Å².